The molecule has 0 radical (unpaired) electrons. The van der Waals surface area contributed by atoms with E-state index in [9.17, 15) is 4.79 Å². The number of fused-ring (bicyclic) bond motifs is 1. The molecule has 0 aliphatic heterocycles. The van der Waals surface area contributed by atoms with Crippen molar-refractivity contribution in [1.29, 1.82) is 0 Å². The maximum absolute atomic E-state index is 13.3. The molecule has 29 heavy (non-hydrogen) atoms. The third kappa shape index (κ3) is 4.12. The molecule has 0 unspecified atom stereocenters. The Hall–Kier alpha value is -2.86. The van der Waals surface area contributed by atoms with Gasteiger partial charge in [-0.05, 0) is 66.7 Å². The lowest BCUT2D eigenvalue weighted by molar-refractivity contribution is -0.597. The van der Waals surface area contributed by atoms with E-state index >= 15 is 0 Å². The summed E-state index contributed by atoms with van der Waals surface area (Å²) in [5.41, 5.74) is 1.32. The van der Waals surface area contributed by atoms with E-state index in [1.165, 1.54) is 7.14 Å². The molecule has 0 spiro atoms. The topological polar surface area (TPSA) is 35.5 Å². The van der Waals surface area contributed by atoms with E-state index in [1.807, 2.05) is 48.5 Å². The highest BCUT2D eigenvalue weighted by molar-refractivity contribution is 6.17. The molecule has 0 amide bonds. The molecule has 0 bridgehead atoms. The minimum Gasteiger partial charge on any atom is -0.497 e. The smallest absolute Gasteiger partial charge is 0.357 e. The molecule has 4 rings (SSSR count). The van der Waals surface area contributed by atoms with Crippen molar-refractivity contribution in [2.24, 2.45) is 0 Å². The second-order valence-corrected chi connectivity index (χ2v) is 9.48. The minimum atomic E-state index is -0.246. The first kappa shape index (κ1) is 19.5. The van der Waals surface area contributed by atoms with Gasteiger partial charge in [-0.3, -0.25) is 4.79 Å². The van der Waals surface area contributed by atoms with Gasteiger partial charge in [0.25, 0.3) is 0 Å². The molecule has 0 heterocycles. The molecular formula is C25H20IO3+. The number of benzene rings is 4. The third-order valence-corrected chi connectivity index (χ3v) is 7.39. The Morgan fingerprint density at radius 3 is 2.14 bits per heavy atom. The van der Waals surface area contributed by atoms with Crippen molar-refractivity contribution in [2.75, 3.05) is 14.2 Å². The highest BCUT2D eigenvalue weighted by Gasteiger charge is 2.18. The van der Waals surface area contributed by atoms with Gasteiger partial charge in [0.1, 0.15) is 11.5 Å². The Morgan fingerprint density at radius 1 is 0.724 bits per heavy atom. The van der Waals surface area contributed by atoms with Crippen LogP contribution in [0.15, 0.2) is 84.9 Å². The Balaban J connectivity index is 1.68. The summed E-state index contributed by atoms with van der Waals surface area (Å²) in [6.07, 6.45) is 0. The van der Waals surface area contributed by atoms with Gasteiger partial charge < -0.3 is 9.47 Å². The van der Waals surface area contributed by atoms with Gasteiger partial charge in [-0.25, -0.2) is 0 Å². The van der Waals surface area contributed by atoms with Gasteiger partial charge in [0, 0.05) is 21.9 Å². The molecule has 0 fully saturated rings. The van der Waals surface area contributed by atoms with Crippen LogP contribution in [-0.2, 0) is 0 Å². The zero-order chi connectivity index (χ0) is 20.2. The van der Waals surface area contributed by atoms with E-state index in [-0.39, 0.29) is 27.0 Å². The average molecular weight is 495 g/mol. The summed E-state index contributed by atoms with van der Waals surface area (Å²) in [4.78, 5) is 13.3. The van der Waals surface area contributed by atoms with Crippen molar-refractivity contribution < 1.29 is 35.5 Å². The van der Waals surface area contributed by atoms with Crippen molar-refractivity contribution in [1.82, 2.24) is 0 Å². The Kier molecular flexibility index (Phi) is 5.81. The number of ketones is 1. The maximum atomic E-state index is 13.3. The van der Waals surface area contributed by atoms with Gasteiger partial charge in [0.15, 0.2) is 12.9 Å². The third-order valence-electron chi connectivity index (χ3n) is 4.71. The summed E-state index contributed by atoms with van der Waals surface area (Å²) in [7, 11) is 3.26. The summed E-state index contributed by atoms with van der Waals surface area (Å²) < 4.78 is 13.5. The number of rotatable bonds is 6. The average Bonchev–Trinajstić information content (AvgIpc) is 2.78. The zero-order valence-electron chi connectivity index (χ0n) is 16.2. The normalized spacial score (nSPS) is 10.7. The van der Waals surface area contributed by atoms with Crippen LogP contribution in [-0.4, -0.2) is 20.0 Å². The fourth-order valence-electron chi connectivity index (χ4n) is 3.23. The molecule has 4 heteroatoms. The lowest BCUT2D eigenvalue weighted by atomic mass is 9.96. The van der Waals surface area contributed by atoms with Crippen molar-refractivity contribution in [3.05, 3.63) is 103 Å². The highest BCUT2D eigenvalue weighted by atomic mass is 127. The largest absolute Gasteiger partial charge is 0.497 e. The van der Waals surface area contributed by atoms with Crippen molar-refractivity contribution >= 4 is 16.6 Å². The lowest BCUT2D eigenvalue weighted by Crippen LogP contribution is -3.61. The van der Waals surface area contributed by atoms with Crippen LogP contribution >= 0.6 is 0 Å². The number of halogens is 1. The number of methoxy groups -OCH3 is 2. The molecule has 0 saturated carbocycles. The second-order valence-electron chi connectivity index (χ2n) is 6.45. The number of hydrogen-bond acceptors (Lipinski definition) is 3. The fourth-order valence-corrected chi connectivity index (χ4v) is 5.44. The summed E-state index contributed by atoms with van der Waals surface area (Å²) in [5, 5.41) is 1.72. The van der Waals surface area contributed by atoms with E-state index in [1.54, 1.807) is 14.2 Å². The van der Waals surface area contributed by atoms with Crippen LogP contribution in [0.25, 0.3) is 10.8 Å². The van der Waals surface area contributed by atoms with E-state index < -0.39 is 0 Å². The van der Waals surface area contributed by atoms with Gasteiger partial charge in [-0.15, -0.1) is 0 Å². The molecule has 4 aromatic carbocycles. The Labute approximate surface area is 180 Å². The minimum absolute atomic E-state index is 0.00429. The Bertz CT molecular complexity index is 1150. The maximum Gasteiger partial charge on any atom is 0.357 e. The van der Waals surface area contributed by atoms with Crippen LogP contribution in [0, 0.1) is 7.14 Å². The van der Waals surface area contributed by atoms with Crippen LogP contribution in [0.5, 0.6) is 11.5 Å². The van der Waals surface area contributed by atoms with Crippen LogP contribution < -0.4 is 30.7 Å². The van der Waals surface area contributed by atoms with Gasteiger partial charge in [0.05, 0.1) is 14.2 Å². The lowest BCUT2D eigenvalue weighted by Gasteiger charge is -2.11. The SMILES string of the molecule is COc1ccc2c(OC)ccc(C(=O)c3ccc([I+]c4ccccc4)cc3)c2c1. The van der Waals surface area contributed by atoms with Crippen LogP contribution in [0.4, 0.5) is 0 Å². The monoisotopic (exact) mass is 495 g/mol. The van der Waals surface area contributed by atoms with Crippen LogP contribution in [0.2, 0.25) is 0 Å². The zero-order valence-corrected chi connectivity index (χ0v) is 18.3. The molecule has 0 aliphatic carbocycles. The van der Waals surface area contributed by atoms with Gasteiger partial charge in [-0.2, -0.15) is 0 Å². The number of carbonyl (C=O) groups excluding carboxylic acids is 1. The first-order valence-electron chi connectivity index (χ1n) is 9.19. The van der Waals surface area contributed by atoms with Crippen LogP contribution in [0.3, 0.4) is 0 Å². The molecule has 144 valence electrons. The molecule has 4 aromatic rings. The van der Waals surface area contributed by atoms with Crippen molar-refractivity contribution in [3.8, 4) is 11.5 Å². The summed E-state index contributed by atoms with van der Waals surface area (Å²) in [6, 6.07) is 27.8. The number of carbonyl (C=O) groups is 1. The van der Waals surface area contributed by atoms with Gasteiger partial charge in [-0.1, -0.05) is 18.2 Å². The molecular weight excluding hydrogens is 475 g/mol. The molecule has 0 aliphatic rings. The van der Waals surface area contributed by atoms with Crippen molar-refractivity contribution in [2.45, 2.75) is 0 Å². The molecule has 0 atom stereocenters. The molecule has 0 saturated heterocycles. The standard InChI is InChI=1S/C25H20IO3/c1-28-20-12-13-21-23(16-20)22(14-15-24(21)29-2)25(27)17-8-10-19(11-9-17)26-18-6-4-3-5-7-18/h3-16H,1-2H3/q+1. The number of ether oxygens (including phenoxy) is 2. The molecule has 0 N–H and O–H groups in total. The molecule has 3 nitrogen and oxygen atoms in total. The first-order chi connectivity index (χ1) is 14.2. The van der Waals surface area contributed by atoms with Crippen molar-refractivity contribution in [3.63, 3.8) is 0 Å². The second kappa shape index (κ2) is 8.66. The van der Waals surface area contributed by atoms with Gasteiger partial charge >= 0.3 is 21.2 Å². The fraction of sp³-hybridized carbons (Fsp3) is 0.0800. The quantitative estimate of drug-likeness (QED) is 0.304. The van der Waals surface area contributed by atoms with E-state index in [4.69, 9.17) is 9.47 Å². The van der Waals surface area contributed by atoms with Crippen LogP contribution in [0.1, 0.15) is 15.9 Å². The summed E-state index contributed by atoms with van der Waals surface area (Å²) in [5.74, 6) is 1.44. The summed E-state index contributed by atoms with van der Waals surface area (Å²) in [6.45, 7) is 0. The van der Waals surface area contributed by atoms with E-state index in [0.29, 0.717) is 16.9 Å². The first-order valence-corrected chi connectivity index (χ1v) is 11.3. The predicted molar refractivity (Wildman–Crippen MR) is 111 cm³/mol. The number of hydrogen-bond donors (Lipinski definition) is 0. The van der Waals surface area contributed by atoms with Gasteiger partial charge in [0.2, 0.25) is 0 Å². The Morgan fingerprint density at radius 2 is 1.45 bits per heavy atom. The van der Waals surface area contributed by atoms with E-state index in [2.05, 4.69) is 36.4 Å². The highest BCUT2D eigenvalue weighted by Crippen LogP contribution is 2.32. The predicted octanol–water partition coefficient (Wildman–Crippen LogP) is 2.22. The van der Waals surface area contributed by atoms with E-state index in [0.717, 1.165) is 16.5 Å². The summed E-state index contributed by atoms with van der Waals surface area (Å²) >= 11 is -0.246. The molecule has 0 aromatic heterocycles.